The van der Waals surface area contributed by atoms with E-state index in [1.54, 1.807) is 0 Å². The van der Waals surface area contributed by atoms with Crippen LogP contribution in [0.3, 0.4) is 0 Å². The molecule has 0 saturated heterocycles. The molecule has 2 atom stereocenters. The number of hydrogen-bond donors (Lipinski definition) is 2. The number of hydrogen-bond acceptors (Lipinski definition) is 3. The lowest BCUT2D eigenvalue weighted by molar-refractivity contribution is -0.140. The zero-order valence-corrected chi connectivity index (χ0v) is 13.1. The SMILES string of the molecule is CCCCCC(CCCC)NC(CCCC=O)C(=O)O. The number of nitrogens with one attached hydrogen (secondary N) is 1. The molecule has 0 heterocycles. The van der Waals surface area contributed by atoms with Crippen LogP contribution < -0.4 is 5.32 Å². The Labute approximate surface area is 123 Å². The third kappa shape index (κ3) is 9.96. The van der Waals surface area contributed by atoms with Crippen LogP contribution in [0.15, 0.2) is 0 Å². The van der Waals surface area contributed by atoms with Crippen LogP contribution in [0.4, 0.5) is 0 Å². The normalized spacial score (nSPS) is 13.9. The largest absolute Gasteiger partial charge is 0.480 e. The minimum absolute atomic E-state index is 0.291. The predicted molar refractivity (Wildman–Crippen MR) is 81.9 cm³/mol. The predicted octanol–water partition coefficient (Wildman–Crippen LogP) is 3.54. The molecule has 4 nitrogen and oxygen atoms in total. The molecule has 2 unspecified atom stereocenters. The highest BCUT2D eigenvalue weighted by atomic mass is 16.4. The van der Waals surface area contributed by atoms with Gasteiger partial charge in [0.1, 0.15) is 12.3 Å². The Bertz CT molecular complexity index is 256. The summed E-state index contributed by atoms with van der Waals surface area (Å²) in [6.45, 7) is 4.33. The highest BCUT2D eigenvalue weighted by molar-refractivity contribution is 5.73. The van der Waals surface area contributed by atoms with E-state index < -0.39 is 12.0 Å². The molecule has 118 valence electrons. The fourth-order valence-corrected chi connectivity index (χ4v) is 2.37. The van der Waals surface area contributed by atoms with E-state index in [0.717, 1.165) is 38.4 Å². The minimum Gasteiger partial charge on any atom is -0.480 e. The third-order valence-corrected chi connectivity index (χ3v) is 3.61. The monoisotopic (exact) mass is 285 g/mol. The summed E-state index contributed by atoms with van der Waals surface area (Å²) in [5.41, 5.74) is 0. The number of carbonyl (C=O) groups is 2. The van der Waals surface area contributed by atoms with Crippen LogP contribution in [0.25, 0.3) is 0 Å². The van der Waals surface area contributed by atoms with E-state index >= 15 is 0 Å². The first-order chi connectivity index (χ1) is 9.65. The lowest BCUT2D eigenvalue weighted by Gasteiger charge is -2.23. The molecule has 0 radical (unpaired) electrons. The second-order valence-corrected chi connectivity index (χ2v) is 5.49. The van der Waals surface area contributed by atoms with Crippen LogP contribution >= 0.6 is 0 Å². The Morgan fingerprint density at radius 2 is 1.70 bits per heavy atom. The second kappa shape index (κ2) is 13.1. The molecule has 0 aromatic rings. The molecule has 0 bridgehead atoms. The Hall–Kier alpha value is -0.900. The quantitative estimate of drug-likeness (QED) is 0.378. The topological polar surface area (TPSA) is 66.4 Å². The maximum absolute atomic E-state index is 11.3. The molecular weight excluding hydrogens is 254 g/mol. The van der Waals surface area contributed by atoms with Crippen molar-refractivity contribution in [2.75, 3.05) is 0 Å². The molecule has 0 aromatic carbocycles. The van der Waals surface area contributed by atoms with Crippen LogP contribution in [0.1, 0.15) is 78.1 Å². The van der Waals surface area contributed by atoms with Gasteiger partial charge in [-0.25, -0.2) is 0 Å². The van der Waals surface area contributed by atoms with Gasteiger partial charge in [-0.2, -0.15) is 0 Å². The molecule has 0 saturated carbocycles. The highest BCUT2D eigenvalue weighted by Gasteiger charge is 2.20. The molecule has 0 amide bonds. The van der Waals surface area contributed by atoms with Crippen molar-refractivity contribution in [3.8, 4) is 0 Å². The molecule has 0 aliphatic heterocycles. The van der Waals surface area contributed by atoms with Gasteiger partial charge in [0.05, 0.1) is 0 Å². The van der Waals surface area contributed by atoms with E-state index in [1.165, 1.54) is 12.8 Å². The Balaban J connectivity index is 4.28. The molecule has 0 rings (SSSR count). The zero-order valence-electron chi connectivity index (χ0n) is 13.1. The van der Waals surface area contributed by atoms with E-state index in [0.29, 0.717) is 25.3 Å². The van der Waals surface area contributed by atoms with E-state index in [9.17, 15) is 14.7 Å². The molecule has 4 heteroatoms. The molecule has 0 fully saturated rings. The lowest BCUT2D eigenvalue weighted by atomic mass is 10.0. The Kier molecular flexibility index (Phi) is 12.5. The van der Waals surface area contributed by atoms with Crippen LogP contribution in [0, 0.1) is 0 Å². The van der Waals surface area contributed by atoms with E-state index in [4.69, 9.17) is 0 Å². The Morgan fingerprint density at radius 1 is 1.05 bits per heavy atom. The Morgan fingerprint density at radius 3 is 2.25 bits per heavy atom. The number of rotatable bonds is 14. The van der Waals surface area contributed by atoms with Gasteiger partial charge in [-0.15, -0.1) is 0 Å². The fourth-order valence-electron chi connectivity index (χ4n) is 2.37. The summed E-state index contributed by atoms with van der Waals surface area (Å²) in [5, 5.41) is 12.6. The van der Waals surface area contributed by atoms with Gasteiger partial charge in [-0.05, 0) is 25.7 Å². The van der Waals surface area contributed by atoms with Gasteiger partial charge in [0.2, 0.25) is 0 Å². The third-order valence-electron chi connectivity index (χ3n) is 3.61. The smallest absolute Gasteiger partial charge is 0.320 e. The first-order valence-corrected chi connectivity index (χ1v) is 8.08. The summed E-state index contributed by atoms with van der Waals surface area (Å²) in [6, 6.07) is -0.225. The molecule has 2 N–H and O–H groups in total. The van der Waals surface area contributed by atoms with Crippen molar-refractivity contribution in [2.24, 2.45) is 0 Å². The van der Waals surface area contributed by atoms with Crippen molar-refractivity contribution in [1.82, 2.24) is 5.32 Å². The van der Waals surface area contributed by atoms with Crippen molar-refractivity contribution >= 4 is 12.3 Å². The van der Waals surface area contributed by atoms with Crippen molar-refractivity contribution in [1.29, 1.82) is 0 Å². The summed E-state index contributed by atoms with van der Waals surface area (Å²) in [7, 11) is 0. The summed E-state index contributed by atoms with van der Waals surface area (Å²) in [5.74, 6) is -0.798. The van der Waals surface area contributed by atoms with E-state index in [1.807, 2.05) is 0 Å². The maximum atomic E-state index is 11.3. The number of carbonyl (C=O) groups excluding carboxylic acids is 1. The number of carboxylic acids is 1. The van der Waals surface area contributed by atoms with Crippen LogP contribution in [0.2, 0.25) is 0 Å². The first kappa shape index (κ1) is 19.1. The molecule has 20 heavy (non-hydrogen) atoms. The standard InChI is InChI=1S/C16H31NO3/c1-3-5-7-11-14(10-6-4-2)17-15(16(19)20)12-8-9-13-18/h13-15,17H,3-12H2,1-2H3,(H,19,20). The average molecular weight is 285 g/mol. The second-order valence-electron chi connectivity index (χ2n) is 5.49. The number of aliphatic carboxylic acids is 1. The summed E-state index contributed by atoms with van der Waals surface area (Å²) in [4.78, 5) is 21.6. The summed E-state index contributed by atoms with van der Waals surface area (Å²) >= 11 is 0. The molecule has 0 aliphatic carbocycles. The van der Waals surface area contributed by atoms with Gasteiger partial charge >= 0.3 is 5.97 Å². The first-order valence-electron chi connectivity index (χ1n) is 8.08. The van der Waals surface area contributed by atoms with Gasteiger partial charge in [0.25, 0.3) is 0 Å². The van der Waals surface area contributed by atoms with Crippen LogP contribution in [0.5, 0.6) is 0 Å². The van der Waals surface area contributed by atoms with Gasteiger partial charge in [-0.1, -0.05) is 46.0 Å². The van der Waals surface area contributed by atoms with Crippen molar-refractivity contribution in [3.63, 3.8) is 0 Å². The lowest BCUT2D eigenvalue weighted by Crippen LogP contribution is -2.43. The van der Waals surface area contributed by atoms with Gasteiger partial charge < -0.3 is 15.2 Å². The summed E-state index contributed by atoms with van der Waals surface area (Å²) in [6.07, 6.45) is 10.4. The summed E-state index contributed by atoms with van der Waals surface area (Å²) < 4.78 is 0. The van der Waals surface area contributed by atoms with E-state index in [2.05, 4.69) is 19.2 Å². The van der Waals surface area contributed by atoms with Crippen molar-refractivity contribution in [3.05, 3.63) is 0 Å². The molecule has 0 aliphatic rings. The molecule has 0 aromatic heterocycles. The van der Waals surface area contributed by atoms with Gasteiger partial charge in [0, 0.05) is 12.5 Å². The maximum Gasteiger partial charge on any atom is 0.320 e. The number of carboxylic acid groups (broad SMARTS) is 1. The number of aldehydes is 1. The minimum atomic E-state index is -0.798. The van der Waals surface area contributed by atoms with Crippen LogP contribution in [-0.2, 0) is 9.59 Å². The van der Waals surface area contributed by atoms with Crippen LogP contribution in [-0.4, -0.2) is 29.4 Å². The van der Waals surface area contributed by atoms with Gasteiger partial charge in [0.15, 0.2) is 0 Å². The number of unbranched alkanes of at least 4 members (excludes halogenated alkanes) is 4. The zero-order chi connectivity index (χ0) is 15.2. The average Bonchev–Trinajstić information content (AvgIpc) is 2.43. The van der Waals surface area contributed by atoms with Gasteiger partial charge in [-0.3, -0.25) is 4.79 Å². The fraction of sp³-hybridized carbons (Fsp3) is 0.875. The van der Waals surface area contributed by atoms with Crippen molar-refractivity contribution in [2.45, 2.75) is 90.1 Å². The van der Waals surface area contributed by atoms with Crippen molar-refractivity contribution < 1.29 is 14.7 Å². The molecular formula is C16H31NO3. The molecule has 0 spiro atoms. The van der Waals surface area contributed by atoms with E-state index in [-0.39, 0.29) is 0 Å². The highest BCUT2D eigenvalue weighted by Crippen LogP contribution is 2.12.